The van der Waals surface area contributed by atoms with Gasteiger partial charge in [0, 0.05) is 31.3 Å². The number of likely N-dealkylation sites (tertiary alicyclic amines) is 1. The van der Waals surface area contributed by atoms with Crippen LogP contribution in [0.1, 0.15) is 25.3 Å². The number of nitro groups is 1. The number of piperidine rings is 1. The van der Waals surface area contributed by atoms with Gasteiger partial charge in [-0.1, -0.05) is 19.1 Å². The lowest BCUT2D eigenvalue weighted by Crippen LogP contribution is -2.41. The zero-order valence-electron chi connectivity index (χ0n) is 13.5. The zero-order valence-corrected chi connectivity index (χ0v) is 13.5. The Bertz CT molecular complexity index is 656. The molecule has 0 spiro atoms. The maximum Gasteiger partial charge on any atom is 0.331 e. The second-order valence-corrected chi connectivity index (χ2v) is 5.88. The molecular weight excluding hydrogens is 312 g/mol. The summed E-state index contributed by atoms with van der Waals surface area (Å²) in [4.78, 5) is 35.6. The molecule has 2 rings (SSSR count). The highest BCUT2D eigenvalue weighted by Gasteiger charge is 2.21. The Hall–Kier alpha value is -2.70. The third-order valence-corrected chi connectivity index (χ3v) is 3.84. The van der Waals surface area contributed by atoms with E-state index in [9.17, 15) is 19.7 Å². The van der Waals surface area contributed by atoms with Gasteiger partial charge in [-0.2, -0.15) is 0 Å². The van der Waals surface area contributed by atoms with Gasteiger partial charge in [0.1, 0.15) is 0 Å². The van der Waals surface area contributed by atoms with Crippen LogP contribution in [0.2, 0.25) is 0 Å². The molecule has 0 aromatic heterocycles. The standard InChI is InChI=1S/C17H20N2O5/c1-13-4-3-9-18(11-13)16(20)12-24-17(21)8-7-14-5-2-6-15(10-14)19(22)23/h2,5-8,10,13H,3-4,9,11-12H2,1H3. The largest absolute Gasteiger partial charge is 0.452 e. The first kappa shape index (κ1) is 17.7. The summed E-state index contributed by atoms with van der Waals surface area (Å²) in [6.45, 7) is 3.20. The van der Waals surface area contributed by atoms with Crippen LogP contribution in [0.5, 0.6) is 0 Å². The summed E-state index contributed by atoms with van der Waals surface area (Å²) < 4.78 is 4.94. The first-order valence-corrected chi connectivity index (χ1v) is 7.83. The van der Waals surface area contributed by atoms with Crippen LogP contribution in [0.3, 0.4) is 0 Å². The first-order chi connectivity index (χ1) is 11.5. The van der Waals surface area contributed by atoms with E-state index in [2.05, 4.69) is 6.92 Å². The Morgan fingerprint density at radius 3 is 2.96 bits per heavy atom. The molecule has 1 aromatic carbocycles. The molecule has 1 atom stereocenters. The molecule has 0 radical (unpaired) electrons. The molecule has 1 fully saturated rings. The van der Waals surface area contributed by atoms with Gasteiger partial charge in [0.05, 0.1) is 4.92 Å². The minimum atomic E-state index is -0.653. The number of esters is 1. The van der Waals surface area contributed by atoms with Crippen molar-refractivity contribution in [3.05, 3.63) is 46.0 Å². The fraction of sp³-hybridized carbons (Fsp3) is 0.412. The molecule has 0 saturated carbocycles. The smallest absolute Gasteiger partial charge is 0.331 e. The van der Waals surface area contributed by atoms with Crippen LogP contribution < -0.4 is 0 Å². The Balaban J connectivity index is 1.83. The maximum absolute atomic E-state index is 12.0. The third kappa shape index (κ3) is 5.19. The second kappa shape index (κ2) is 8.24. The van der Waals surface area contributed by atoms with Crippen LogP contribution in [0.25, 0.3) is 6.08 Å². The molecule has 128 valence electrons. The molecule has 7 heteroatoms. The van der Waals surface area contributed by atoms with Crippen molar-refractivity contribution in [2.45, 2.75) is 19.8 Å². The van der Waals surface area contributed by atoms with Crippen molar-refractivity contribution in [2.75, 3.05) is 19.7 Å². The molecule has 1 unspecified atom stereocenters. The summed E-state index contributed by atoms with van der Waals surface area (Å²) >= 11 is 0. The quantitative estimate of drug-likeness (QED) is 0.357. The zero-order chi connectivity index (χ0) is 17.5. The molecule has 0 aliphatic carbocycles. The summed E-state index contributed by atoms with van der Waals surface area (Å²) in [5.41, 5.74) is 0.456. The Morgan fingerprint density at radius 2 is 2.25 bits per heavy atom. The number of hydrogen-bond acceptors (Lipinski definition) is 5. The maximum atomic E-state index is 12.0. The Kier molecular flexibility index (Phi) is 6.06. The molecule has 0 N–H and O–H groups in total. The summed E-state index contributed by atoms with van der Waals surface area (Å²) in [6, 6.07) is 5.89. The van der Waals surface area contributed by atoms with Crippen LogP contribution >= 0.6 is 0 Å². The molecule has 1 saturated heterocycles. The van der Waals surface area contributed by atoms with Crippen molar-refractivity contribution < 1.29 is 19.2 Å². The highest BCUT2D eigenvalue weighted by molar-refractivity contribution is 5.89. The van der Waals surface area contributed by atoms with Gasteiger partial charge in [-0.05, 0) is 30.4 Å². The first-order valence-electron chi connectivity index (χ1n) is 7.83. The van der Waals surface area contributed by atoms with Crippen LogP contribution in [0.4, 0.5) is 5.69 Å². The van der Waals surface area contributed by atoms with Crippen molar-refractivity contribution in [1.82, 2.24) is 4.90 Å². The van der Waals surface area contributed by atoms with Gasteiger partial charge in [-0.15, -0.1) is 0 Å². The number of nitro benzene ring substituents is 1. The van der Waals surface area contributed by atoms with E-state index in [4.69, 9.17) is 4.74 Å². The normalized spacial score (nSPS) is 17.7. The van der Waals surface area contributed by atoms with Gasteiger partial charge < -0.3 is 9.64 Å². The number of carbonyl (C=O) groups is 2. The van der Waals surface area contributed by atoms with Gasteiger partial charge in [0.2, 0.25) is 0 Å². The number of ether oxygens (including phenoxy) is 1. The van der Waals surface area contributed by atoms with Crippen molar-refractivity contribution >= 4 is 23.6 Å². The van der Waals surface area contributed by atoms with E-state index < -0.39 is 10.9 Å². The van der Waals surface area contributed by atoms with Gasteiger partial charge >= 0.3 is 5.97 Å². The number of benzene rings is 1. The van der Waals surface area contributed by atoms with E-state index in [-0.39, 0.29) is 18.2 Å². The van der Waals surface area contributed by atoms with Gasteiger partial charge in [0.25, 0.3) is 11.6 Å². The van der Waals surface area contributed by atoms with E-state index >= 15 is 0 Å². The van der Waals surface area contributed by atoms with Gasteiger partial charge in [-0.3, -0.25) is 14.9 Å². The number of amides is 1. The third-order valence-electron chi connectivity index (χ3n) is 3.84. The van der Waals surface area contributed by atoms with E-state index in [1.165, 1.54) is 24.3 Å². The van der Waals surface area contributed by atoms with Crippen molar-refractivity contribution in [3.63, 3.8) is 0 Å². The predicted octanol–water partition coefficient (Wildman–Crippen LogP) is 2.41. The Morgan fingerprint density at radius 1 is 1.46 bits per heavy atom. The van der Waals surface area contributed by atoms with Gasteiger partial charge in [0.15, 0.2) is 6.61 Å². The topological polar surface area (TPSA) is 89.8 Å². The molecule has 1 aliphatic rings. The van der Waals surface area contributed by atoms with Crippen molar-refractivity contribution in [2.24, 2.45) is 5.92 Å². The fourth-order valence-corrected chi connectivity index (χ4v) is 2.59. The molecule has 0 bridgehead atoms. The molecule has 1 aliphatic heterocycles. The van der Waals surface area contributed by atoms with Crippen LogP contribution in [0.15, 0.2) is 30.3 Å². The lowest BCUT2D eigenvalue weighted by atomic mass is 10.0. The highest BCUT2D eigenvalue weighted by atomic mass is 16.6. The predicted molar refractivity (Wildman–Crippen MR) is 88.1 cm³/mol. The van der Waals surface area contributed by atoms with Crippen LogP contribution in [-0.4, -0.2) is 41.4 Å². The number of hydrogen-bond donors (Lipinski definition) is 0. The molecule has 1 heterocycles. The lowest BCUT2D eigenvalue weighted by Gasteiger charge is -2.30. The number of non-ortho nitro benzene ring substituents is 1. The summed E-state index contributed by atoms with van der Waals surface area (Å²) in [6.07, 6.45) is 4.65. The fourth-order valence-electron chi connectivity index (χ4n) is 2.59. The number of nitrogens with zero attached hydrogens (tertiary/aromatic N) is 2. The highest BCUT2D eigenvalue weighted by Crippen LogP contribution is 2.16. The Labute approximate surface area is 140 Å². The molecule has 7 nitrogen and oxygen atoms in total. The monoisotopic (exact) mass is 332 g/mol. The van der Waals surface area contributed by atoms with E-state index in [0.717, 1.165) is 18.9 Å². The van der Waals surface area contributed by atoms with Gasteiger partial charge in [-0.25, -0.2) is 4.79 Å². The summed E-state index contributed by atoms with van der Waals surface area (Å²) in [7, 11) is 0. The SMILES string of the molecule is CC1CCCN(C(=O)COC(=O)C=Cc2cccc([N+](=O)[O-])c2)C1. The lowest BCUT2D eigenvalue weighted by molar-refractivity contribution is -0.384. The molecular formula is C17H20N2O5. The average molecular weight is 332 g/mol. The molecule has 24 heavy (non-hydrogen) atoms. The van der Waals surface area contributed by atoms with E-state index in [1.807, 2.05) is 0 Å². The average Bonchev–Trinajstić information content (AvgIpc) is 2.58. The number of carbonyl (C=O) groups excluding carboxylic acids is 2. The summed E-state index contributed by atoms with van der Waals surface area (Å²) in [5, 5.41) is 10.7. The van der Waals surface area contributed by atoms with Crippen molar-refractivity contribution in [1.29, 1.82) is 0 Å². The molecule has 1 aromatic rings. The van der Waals surface area contributed by atoms with E-state index in [0.29, 0.717) is 24.6 Å². The van der Waals surface area contributed by atoms with E-state index in [1.54, 1.807) is 11.0 Å². The second-order valence-electron chi connectivity index (χ2n) is 5.88. The number of rotatable bonds is 5. The minimum Gasteiger partial charge on any atom is -0.452 e. The van der Waals surface area contributed by atoms with Crippen LogP contribution in [0, 0.1) is 16.0 Å². The van der Waals surface area contributed by atoms with Crippen LogP contribution in [-0.2, 0) is 14.3 Å². The summed E-state index contributed by atoms with van der Waals surface area (Å²) in [5.74, 6) is -0.384. The van der Waals surface area contributed by atoms with Crippen molar-refractivity contribution in [3.8, 4) is 0 Å². The molecule has 1 amide bonds. The minimum absolute atomic E-state index is 0.0556.